The fourth-order valence-corrected chi connectivity index (χ4v) is 4.65. The first kappa shape index (κ1) is 22.7. The Labute approximate surface area is 196 Å². The van der Waals surface area contributed by atoms with Crippen molar-refractivity contribution in [3.63, 3.8) is 0 Å². The van der Waals surface area contributed by atoms with Gasteiger partial charge in [-0.2, -0.15) is 0 Å². The zero-order valence-electron chi connectivity index (χ0n) is 19.7. The van der Waals surface area contributed by atoms with Crippen LogP contribution in [-0.2, 0) is 16.0 Å². The van der Waals surface area contributed by atoms with E-state index in [1.165, 1.54) is 35.6 Å². The van der Waals surface area contributed by atoms with Crippen molar-refractivity contribution in [3.8, 4) is 5.75 Å². The van der Waals surface area contributed by atoms with Crippen molar-refractivity contribution >= 4 is 17.7 Å². The lowest BCUT2D eigenvalue weighted by atomic mass is 9.84. The molecule has 0 spiro atoms. The monoisotopic (exact) mass is 441 g/mol. The predicted octanol–water partition coefficient (Wildman–Crippen LogP) is 6.24. The van der Waals surface area contributed by atoms with Gasteiger partial charge in [-0.15, -0.1) is 0 Å². The number of methoxy groups -OCH3 is 1. The van der Waals surface area contributed by atoms with Crippen molar-refractivity contribution in [2.45, 2.75) is 45.2 Å². The molecule has 1 aliphatic rings. The Morgan fingerprint density at radius 1 is 1.06 bits per heavy atom. The Bertz CT molecular complexity index is 1150. The molecular weight excluding hydrogens is 410 g/mol. The number of aromatic hydroxyl groups is 1. The van der Waals surface area contributed by atoms with Crippen molar-refractivity contribution in [2.24, 2.45) is 0 Å². The van der Waals surface area contributed by atoms with Gasteiger partial charge in [0.1, 0.15) is 5.75 Å². The van der Waals surface area contributed by atoms with E-state index in [1.807, 2.05) is 24.3 Å². The van der Waals surface area contributed by atoms with E-state index in [0.29, 0.717) is 11.7 Å². The van der Waals surface area contributed by atoms with Crippen LogP contribution in [0.1, 0.15) is 60.5 Å². The zero-order valence-corrected chi connectivity index (χ0v) is 19.7. The lowest BCUT2D eigenvalue weighted by molar-refractivity contribution is -0.134. The number of nitrogens with zero attached hydrogens (tertiary/aromatic N) is 1. The van der Waals surface area contributed by atoms with Crippen molar-refractivity contribution in [1.82, 2.24) is 0 Å². The van der Waals surface area contributed by atoms with E-state index < -0.39 is 0 Å². The number of phenols is 1. The number of rotatable bonds is 5. The molecule has 0 amide bonds. The van der Waals surface area contributed by atoms with Gasteiger partial charge in [0.05, 0.1) is 13.2 Å². The fourth-order valence-electron chi connectivity index (χ4n) is 4.65. The standard InChI is InChI=1S/C29H31NO3/c1-19(2)22-10-12-25(13-11-22)30-20(3)17-24-18-26(31)14-15-27(24)29(30)23-8-5-21(6-9-23)7-16-28(32)33-4/h5-16,18-20,29,31H,17H2,1-4H3/b16-7+. The molecule has 0 aromatic heterocycles. The molecule has 1 heterocycles. The van der Waals surface area contributed by atoms with E-state index >= 15 is 0 Å². The molecule has 4 heteroatoms. The number of carbonyl (C=O) groups excluding carboxylic acids is 1. The van der Waals surface area contributed by atoms with Crippen LogP contribution in [0.3, 0.4) is 0 Å². The number of esters is 1. The number of anilines is 1. The van der Waals surface area contributed by atoms with Gasteiger partial charge in [-0.3, -0.25) is 0 Å². The molecule has 170 valence electrons. The normalized spacial score (nSPS) is 17.9. The van der Waals surface area contributed by atoms with Crippen LogP contribution in [0.2, 0.25) is 0 Å². The molecule has 4 rings (SSSR count). The summed E-state index contributed by atoms with van der Waals surface area (Å²) in [6, 6.07) is 23.1. The van der Waals surface area contributed by atoms with Crippen LogP contribution in [0.4, 0.5) is 5.69 Å². The lowest BCUT2D eigenvalue weighted by Gasteiger charge is -2.44. The van der Waals surface area contributed by atoms with Crippen LogP contribution >= 0.6 is 0 Å². The first-order chi connectivity index (χ1) is 15.9. The van der Waals surface area contributed by atoms with Gasteiger partial charge in [0.15, 0.2) is 0 Å². The van der Waals surface area contributed by atoms with E-state index in [9.17, 15) is 9.90 Å². The molecule has 3 aromatic rings. The minimum atomic E-state index is -0.370. The summed E-state index contributed by atoms with van der Waals surface area (Å²) < 4.78 is 4.68. The van der Waals surface area contributed by atoms with Gasteiger partial charge in [-0.1, -0.05) is 56.3 Å². The van der Waals surface area contributed by atoms with Crippen molar-refractivity contribution in [2.75, 3.05) is 12.0 Å². The number of hydrogen-bond acceptors (Lipinski definition) is 4. The molecular formula is C29H31NO3. The van der Waals surface area contributed by atoms with E-state index in [1.54, 1.807) is 12.1 Å². The van der Waals surface area contributed by atoms with E-state index in [0.717, 1.165) is 17.5 Å². The Balaban J connectivity index is 1.76. The molecule has 1 aliphatic heterocycles. The Kier molecular flexibility index (Phi) is 6.55. The number of phenolic OH excluding ortho intramolecular Hbond substituents is 1. The second kappa shape index (κ2) is 9.53. The first-order valence-corrected chi connectivity index (χ1v) is 11.4. The topological polar surface area (TPSA) is 49.8 Å². The average molecular weight is 442 g/mol. The third-order valence-corrected chi connectivity index (χ3v) is 6.41. The van der Waals surface area contributed by atoms with Gasteiger partial charge in [-0.05, 0) is 77.4 Å². The molecule has 0 saturated carbocycles. The molecule has 33 heavy (non-hydrogen) atoms. The summed E-state index contributed by atoms with van der Waals surface area (Å²) >= 11 is 0. The summed E-state index contributed by atoms with van der Waals surface area (Å²) in [6.07, 6.45) is 4.05. The van der Waals surface area contributed by atoms with Crippen molar-refractivity contribution in [3.05, 3.63) is 101 Å². The molecule has 4 nitrogen and oxygen atoms in total. The van der Waals surface area contributed by atoms with Gasteiger partial charge in [0.25, 0.3) is 0 Å². The smallest absolute Gasteiger partial charge is 0.330 e. The lowest BCUT2D eigenvalue weighted by Crippen LogP contribution is -2.42. The van der Waals surface area contributed by atoms with Crippen molar-refractivity contribution < 1.29 is 14.6 Å². The second-order valence-electron chi connectivity index (χ2n) is 9.02. The molecule has 2 unspecified atom stereocenters. The molecule has 1 N–H and O–H groups in total. The van der Waals surface area contributed by atoms with Crippen LogP contribution < -0.4 is 4.90 Å². The summed E-state index contributed by atoms with van der Waals surface area (Å²) in [5, 5.41) is 10.1. The highest BCUT2D eigenvalue weighted by molar-refractivity contribution is 5.86. The molecule has 0 aliphatic carbocycles. The third-order valence-electron chi connectivity index (χ3n) is 6.41. The molecule has 0 bridgehead atoms. The van der Waals surface area contributed by atoms with Crippen LogP contribution in [-0.4, -0.2) is 24.2 Å². The molecule has 0 fully saturated rings. The zero-order chi connectivity index (χ0) is 23.5. The number of ether oxygens (including phenoxy) is 1. The van der Waals surface area contributed by atoms with Crippen LogP contribution in [0.5, 0.6) is 5.75 Å². The highest BCUT2D eigenvalue weighted by Gasteiger charge is 2.33. The maximum Gasteiger partial charge on any atom is 0.330 e. The number of fused-ring (bicyclic) bond motifs is 1. The molecule has 0 saturated heterocycles. The minimum absolute atomic E-state index is 0.0212. The van der Waals surface area contributed by atoms with Crippen LogP contribution in [0, 0.1) is 0 Å². The summed E-state index contributed by atoms with van der Waals surface area (Å²) in [5.74, 6) is 0.422. The van der Waals surface area contributed by atoms with Crippen LogP contribution in [0.25, 0.3) is 6.08 Å². The fraction of sp³-hybridized carbons (Fsp3) is 0.276. The van der Waals surface area contributed by atoms with Crippen LogP contribution in [0.15, 0.2) is 72.8 Å². The first-order valence-electron chi connectivity index (χ1n) is 11.4. The molecule has 3 aromatic carbocycles. The number of carbonyl (C=O) groups is 1. The van der Waals surface area contributed by atoms with Gasteiger partial charge >= 0.3 is 5.97 Å². The van der Waals surface area contributed by atoms with E-state index in [4.69, 9.17) is 0 Å². The van der Waals surface area contributed by atoms with E-state index in [-0.39, 0.29) is 18.1 Å². The quantitative estimate of drug-likeness (QED) is 0.376. The molecule has 0 radical (unpaired) electrons. The van der Waals surface area contributed by atoms with Gasteiger partial charge in [-0.25, -0.2) is 4.79 Å². The average Bonchev–Trinajstić information content (AvgIpc) is 2.82. The Morgan fingerprint density at radius 3 is 2.39 bits per heavy atom. The highest BCUT2D eigenvalue weighted by Crippen LogP contribution is 2.42. The summed E-state index contributed by atoms with van der Waals surface area (Å²) in [7, 11) is 1.37. The maximum atomic E-state index is 11.4. The largest absolute Gasteiger partial charge is 0.508 e. The van der Waals surface area contributed by atoms with Crippen molar-refractivity contribution in [1.29, 1.82) is 0 Å². The number of hydrogen-bond donors (Lipinski definition) is 1. The summed E-state index contributed by atoms with van der Waals surface area (Å²) in [5.41, 5.74) is 7.00. The van der Waals surface area contributed by atoms with E-state index in [2.05, 4.69) is 66.8 Å². The van der Waals surface area contributed by atoms with Gasteiger partial charge in [0, 0.05) is 17.8 Å². The Hall–Kier alpha value is -3.53. The molecule has 2 atom stereocenters. The van der Waals surface area contributed by atoms with Gasteiger partial charge in [0.2, 0.25) is 0 Å². The predicted molar refractivity (Wildman–Crippen MR) is 134 cm³/mol. The summed E-state index contributed by atoms with van der Waals surface area (Å²) in [4.78, 5) is 13.9. The second-order valence-corrected chi connectivity index (χ2v) is 9.02. The maximum absolute atomic E-state index is 11.4. The van der Waals surface area contributed by atoms with Gasteiger partial charge < -0.3 is 14.7 Å². The Morgan fingerprint density at radius 2 is 1.76 bits per heavy atom. The third kappa shape index (κ3) is 4.80. The number of benzene rings is 3. The SMILES string of the molecule is COC(=O)/C=C/c1ccc(C2c3ccc(O)cc3CC(C)N2c2ccc(C(C)C)cc2)cc1. The minimum Gasteiger partial charge on any atom is -0.508 e. The summed E-state index contributed by atoms with van der Waals surface area (Å²) in [6.45, 7) is 6.66. The highest BCUT2D eigenvalue weighted by atomic mass is 16.5.